The van der Waals surface area contributed by atoms with Gasteiger partial charge >= 0.3 is 5.97 Å². The Morgan fingerprint density at radius 3 is 2.49 bits per heavy atom. The summed E-state index contributed by atoms with van der Waals surface area (Å²) in [6.45, 7) is 6.11. The summed E-state index contributed by atoms with van der Waals surface area (Å²) in [5.74, 6) is -0.466. The van der Waals surface area contributed by atoms with Crippen LogP contribution in [-0.2, 0) is 27.4 Å². The van der Waals surface area contributed by atoms with Crippen molar-refractivity contribution in [3.8, 4) is 5.75 Å². The molecule has 7 nitrogen and oxygen atoms in total. The number of benzene rings is 2. The summed E-state index contributed by atoms with van der Waals surface area (Å²) in [6, 6.07) is 6.39. The van der Waals surface area contributed by atoms with Gasteiger partial charge in [-0.2, -0.15) is 4.18 Å². The number of anilines is 1. The number of nitrogen functional groups attached to an aromatic ring is 1. The van der Waals surface area contributed by atoms with Gasteiger partial charge in [0.05, 0.1) is 25.8 Å². The fourth-order valence-corrected chi connectivity index (χ4v) is 4.53. The Bertz CT molecular complexity index is 1310. The number of carbonyl (C=O) groups is 1. The minimum absolute atomic E-state index is 0.0817. The average molecular weight is 504 g/mol. The second-order valence-electron chi connectivity index (χ2n) is 8.73. The van der Waals surface area contributed by atoms with Gasteiger partial charge in [0.25, 0.3) is 0 Å². The van der Waals surface area contributed by atoms with E-state index in [-0.39, 0.29) is 29.8 Å². The third-order valence-electron chi connectivity index (χ3n) is 6.07. The maximum absolute atomic E-state index is 14.9. The van der Waals surface area contributed by atoms with Crippen LogP contribution in [0.4, 0.5) is 10.1 Å². The van der Waals surface area contributed by atoms with Gasteiger partial charge < -0.3 is 19.8 Å². The average Bonchev–Trinajstić information content (AvgIpc) is 2.82. The zero-order chi connectivity index (χ0) is 25.9. The molecule has 0 saturated heterocycles. The van der Waals surface area contributed by atoms with Gasteiger partial charge in [-0.3, -0.25) is 4.79 Å². The van der Waals surface area contributed by atoms with Crippen LogP contribution in [0.25, 0.3) is 10.9 Å². The standard InChI is InChI=1S/C26H31FN2O5S/c1-14(2)22(13-34-35-6)29-12-20(26(31)33-5)25(30)19-10-16(23(32-4)11-21(19)29)8-17-9-18(28)7-15(3)24(17)27/h7,9-12,14,22H,8,13,28H2,1-6H3/p+1/t22-/m1/s1. The Labute approximate surface area is 208 Å². The van der Waals surface area contributed by atoms with E-state index in [1.807, 2.05) is 24.7 Å². The van der Waals surface area contributed by atoms with Gasteiger partial charge in [0.1, 0.15) is 42.0 Å². The largest absolute Gasteiger partial charge is 0.496 e. The molecule has 0 amide bonds. The van der Waals surface area contributed by atoms with Crippen molar-refractivity contribution in [1.82, 2.24) is 4.57 Å². The number of nitrogens with zero attached hydrogens (tertiary/aromatic N) is 1. The number of fused-ring (bicyclic) bond motifs is 1. The number of thiol groups is 1. The quantitative estimate of drug-likeness (QED) is 0.205. The lowest BCUT2D eigenvalue weighted by Gasteiger charge is -2.25. The Morgan fingerprint density at radius 1 is 1.17 bits per heavy atom. The summed E-state index contributed by atoms with van der Waals surface area (Å²) >= 11 is 0.769. The molecule has 0 saturated carbocycles. The summed E-state index contributed by atoms with van der Waals surface area (Å²) in [5.41, 5.74) is 7.85. The van der Waals surface area contributed by atoms with Crippen LogP contribution in [0.3, 0.4) is 0 Å². The molecule has 3 aromatic rings. The highest BCUT2D eigenvalue weighted by atomic mass is 32.2. The van der Waals surface area contributed by atoms with Crippen LogP contribution in [-0.4, -0.2) is 37.6 Å². The van der Waals surface area contributed by atoms with E-state index >= 15 is 0 Å². The number of ether oxygens (including phenoxy) is 2. The number of methoxy groups -OCH3 is 2. The van der Waals surface area contributed by atoms with Crippen molar-refractivity contribution < 1.29 is 22.8 Å². The molecule has 35 heavy (non-hydrogen) atoms. The lowest BCUT2D eigenvalue weighted by molar-refractivity contribution is 0.0598. The molecule has 0 fully saturated rings. The number of rotatable bonds is 9. The molecule has 2 N–H and O–H groups in total. The maximum atomic E-state index is 14.9. The van der Waals surface area contributed by atoms with Gasteiger partial charge in [0.15, 0.2) is 0 Å². The van der Waals surface area contributed by atoms with Gasteiger partial charge in [-0.25, -0.2) is 9.18 Å². The van der Waals surface area contributed by atoms with E-state index in [1.165, 1.54) is 20.4 Å². The number of aryl methyl sites for hydroxylation is 1. The molecule has 0 radical (unpaired) electrons. The van der Waals surface area contributed by atoms with Crippen molar-refractivity contribution in [2.75, 3.05) is 32.8 Å². The molecule has 0 unspecified atom stereocenters. The molecule has 0 aliphatic heterocycles. The van der Waals surface area contributed by atoms with E-state index in [1.54, 1.807) is 31.2 Å². The third kappa shape index (κ3) is 5.46. The highest BCUT2D eigenvalue weighted by molar-refractivity contribution is 7.72. The molecule has 0 aliphatic rings. The predicted molar refractivity (Wildman–Crippen MR) is 139 cm³/mol. The number of hydrogen-bond donors (Lipinski definition) is 1. The Hall–Kier alpha value is -3.04. The van der Waals surface area contributed by atoms with E-state index in [0.717, 1.165) is 12.0 Å². The molecular formula is C26H32FN2O5S+. The monoisotopic (exact) mass is 503 g/mol. The SMILES string of the molecule is COC(=O)c1cn([C@H](CO[SH+]C)C(C)C)c2cc(OC)c(Cc3cc(N)cc(C)c3F)cc2c1=O. The number of nitrogens with two attached hydrogens (primary N) is 1. The van der Waals surface area contributed by atoms with E-state index in [9.17, 15) is 14.0 Å². The smallest absolute Gasteiger partial charge is 0.343 e. The first kappa shape index (κ1) is 26.6. The van der Waals surface area contributed by atoms with Crippen LogP contribution in [0.1, 0.15) is 46.9 Å². The normalized spacial score (nSPS) is 12.2. The number of pyridine rings is 1. The first-order valence-corrected chi connectivity index (χ1v) is 12.5. The van der Waals surface area contributed by atoms with Crippen molar-refractivity contribution in [3.05, 3.63) is 68.8 Å². The topological polar surface area (TPSA) is 92.8 Å². The predicted octanol–water partition coefficient (Wildman–Crippen LogP) is 3.99. The summed E-state index contributed by atoms with van der Waals surface area (Å²) in [7, 11) is 2.76. The van der Waals surface area contributed by atoms with Crippen molar-refractivity contribution in [2.45, 2.75) is 33.2 Å². The van der Waals surface area contributed by atoms with Crippen LogP contribution < -0.4 is 15.9 Å². The fraction of sp³-hybridized carbons (Fsp3) is 0.385. The zero-order valence-corrected chi connectivity index (χ0v) is 21.7. The molecule has 2 aromatic carbocycles. The van der Waals surface area contributed by atoms with E-state index in [4.69, 9.17) is 19.4 Å². The lowest BCUT2D eigenvalue weighted by atomic mass is 9.97. The minimum atomic E-state index is -0.724. The summed E-state index contributed by atoms with van der Waals surface area (Å²) < 4.78 is 32.9. The third-order valence-corrected chi connectivity index (χ3v) is 6.48. The number of halogens is 1. The van der Waals surface area contributed by atoms with Gasteiger partial charge in [0, 0.05) is 29.8 Å². The second kappa shape index (κ2) is 11.1. The highest BCUT2D eigenvalue weighted by Crippen LogP contribution is 2.32. The minimum Gasteiger partial charge on any atom is -0.496 e. The Balaban J connectivity index is 2.32. The van der Waals surface area contributed by atoms with E-state index < -0.39 is 11.4 Å². The first-order chi connectivity index (χ1) is 16.6. The van der Waals surface area contributed by atoms with Gasteiger partial charge in [-0.05, 0) is 47.7 Å². The molecular weight excluding hydrogens is 471 g/mol. The van der Waals surface area contributed by atoms with Crippen LogP contribution in [0, 0.1) is 18.7 Å². The highest BCUT2D eigenvalue weighted by Gasteiger charge is 2.25. The van der Waals surface area contributed by atoms with E-state index in [0.29, 0.717) is 45.6 Å². The van der Waals surface area contributed by atoms with Crippen molar-refractivity contribution in [3.63, 3.8) is 0 Å². The number of esters is 1. The lowest BCUT2D eigenvalue weighted by Crippen LogP contribution is -2.26. The number of carbonyl (C=O) groups excluding carboxylic acids is 1. The van der Waals surface area contributed by atoms with Crippen LogP contribution in [0.5, 0.6) is 5.75 Å². The summed E-state index contributed by atoms with van der Waals surface area (Å²) in [6.07, 6.45) is 3.56. The van der Waals surface area contributed by atoms with Crippen LogP contribution in [0.15, 0.2) is 35.3 Å². The van der Waals surface area contributed by atoms with Crippen LogP contribution >= 0.6 is 0 Å². The van der Waals surface area contributed by atoms with Crippen molar-refractivity contribution >= 4 is 34.6 Å². The molecule has 0 aliphatic carbocycles. The maximum Gasteiger partial charge on any atom is 0.343 e. The molecule has 3 rings (SSSR count). The number of hydrogen-bond acceptors (Lipinski definition) is 6. The van der Waals surface area contributed by atoms with Gasteiger partial charge in [-0.1, -0.05) is 13.8 Å². The molecule has 1 aromatic heterocycles. The zero-order valence-electron chi connectivity index (χ0n) is 20.8. The molecule has 1 atom stereocenters. The first-order valence-electron chi connectivity index (χ1n) is 11.2. The number of aromatic nitrogens is 1. The summed E-state index contributed by atoms with van der Waals surface area (Å²) in [5, 5.41) is 0.310. The van der Waals surface area contributed by atoms with Gasteiger partial charge in [-0.15, -0.1) is 0 Å². The molecule has 0 bridgehead atoms. The molecule has 188 valence electrons. The second-order valence-corrected chi connectivity index (χ2v) is 9.35. The Kier molecular flexibility index (Phi) is 8.45. The Morgan fingerprint density at radius 2 is 1.89 bits per heavy atom. The molecule has 0 spiro atoms. The molecule has 1 heterocycles. The van der Waals surface area contributed by atoms with Crippen molar-refractivity contribution in [1.29, 1.82) is 0 Å². The van der Waals surface area contributed by atoms with Gasteiger partial charge in [0.2, 0.25) is 5.43 Å². The van der Waals surface area contributed by atoms with Crippen molar-refractivity contribution in [2.24, 2.45) is 5.92 Å². The van der Waals surface area contributed by atoms with E-state index in [2.05, 4.69) is 0 Å². The van der Waals surface area contributed by atoms with Crippen LogP contribution in [0.2, 0.25) is 0 Å². The molecule has 9 heteroatoms. The summed E-state index contributed by atoms with van der Waals surface area (Å²) in [4.78, 5) is 25.9. The fourth-order valence-electron chi connectivity index (χ4n) is 4.23.